The average molecular weight is 612 g/mol. The molecule has 2 nitrogen and oxygen atoms in total. The molecule has 0 N–H and O–H groups in total. The van der Waals surface area contributed by atoms with Gasteiger partial charge in [0, 0.05) is 16.8 Å². The Bertz CT molecular complexity index is 2830. The van der Waals surface area contributed by atoms with E-state index in [2.05, 4.69) is 181 Å². The number of fused-ring (bicyclic) bond motifs is 9. The Morgan fingerprint density at radius 1 is 0.333 bits per heavy atom. The average Bonchev–Trinajstić information content (AvgIpc) is 3.52. The van der Waals surface area contributed by atoms with Gasteiger partial charge in [0.1, 0.15) is 11.2 Å². The zero-order valence-electron chi connectivity index (χ0n) is 26.1. The van der Waals surface area contributed by atoms with E-state index in [0.29, 0.717) is 0 Å². The molecule has 0 fully saturated rings. The van der Waals surface area contributed by atoms with Crippen LogP contribution in [-0.2, 0) is 0 Å². The fraction of sp³-hybridized carbons (Fsp3) is 0. The van der Waals surface area contributed by atoms with E-state index in [1.807, 2.05) is 0 Å². The van der Waals surface area contributed by atoms with Crippen molar-refractivity contribution in [2.75, 3.05) is 4.90 Å². The normalized spacial score (nSPS) is 11.8. The van der Waals surface area contributed by atoms with Crippen molar-refractivity contribution in [3.05, 3.63) is 176 Å². The molecule has 0 aliphatic rings. The molecule has 2 heteroatoms. The monoisotopic (exact) mass is 611 g/mol. The molecule has 0 unspecified atom stereocenters. The van der Waals surface area contributed by atoms with Gasteiger partial charge in [-0.3, -0.25) is 0 Å². The molecule has 10 aromatic rings. The summed E-state index contributed by atoms with van der Waals surface area (Å²) in [4.78, 5) is 2.34. The number of anilines is 3. The summed E-state index contributed by atoms with van der Waals surface area (Å²) in [6.07, 6.45) is 0. The van der Waals surface area contributed by atoms with Crippen molar-refractivity contribution in [1.82, 2.24) is 0 Å². The van der Waals surface area contributed by atoms with Crippen molar-refractivity contribution < 1.29 is 4.42 Å². The molecule has 0 bridgehead atoms. The topological polar surface area (TPSA) is 16.4 Å². The summed E-state index contributed by atoms with van der Waals surface area (Å²) in [7, 11) is 0. The number of nitrogens with zero attached hydrogens (tertiary/aromatic N) is 1. The van der Waals surface area contributed by atoms with Gasteiger partial charge in [-0.25, -0.2) is 0 Å². The second-order valence-corrected chi connectivity index (χ2v) is 12.5. The minimum absolute atomic E-state index is 0.881. The number of rotatable bonds is 4. The highest BCUT2D eigenvalue weighted by Gasteiger charge is 2.20. The van der Waals surface area contributed by atoms with Crippen LogP contribution in [0.4, 0.5) is 17.1 Å². The van der Waals surface area contributed by atoms with E-state index in [1.54, 1.807) is 0 Å². The molecule has 0 atom stereocenters. The van der Waals surface area contributed by atoms with Crippen LogP contribution >= 0.6 is 0 Å². The highest BCUT2D eigenvalue weighted by Crippen LogP contribution is 2.44. The van der Waals surface area contributed by atoms with Crippen LogP contribution in [0.25, 0.3) is 76.2 Å². The molecule has 0 aliphatic carbocycles. The van der Waals surface area contributed by atoms with Gasteiger partial charge in [-0.15, -0.1) is 0 Å². The summed E-state index contributed by atoms with van der Waals surface area (Å²) in [5.74, 6) is 0. The zero-order valence-corrected chi connectivity index (χ0v) is 26.1. The minimum atomic E-state index is 0.881. The highest BCUT2D eigenvalue weighted by atomic mass is 16.3. The lowest BCUT2D eigenvalue weighted by molar-refractivity contribution is 0.669. The maximum Gasteiger partial charge on any atom is 0.137 e. The SMILES string of the molecule is c1ccc(N(c2ccc(-c3ccc4ccc5c6ccccc6ccc5c4c3)cc2)c2cccc3oc4cc5ccccc5cc4c23)cc1. The van der Waals surface area contributed by atoms with Crippen molar-refractivity contribution in [1.29, 1.82) is 0 Å². The van der Waals surface area contributed by atoms with E-state index < -0.39 is 0 Å². The number of benzene rings is 9. The first kappa shape index (κ1) is 26.8. The van der Waals surface area contributed by atoms with Crippen LogP contribution in [0, 0.1) is 0 Å². The zero-order chi connectivity index (χ0) is 31.6. The van der Waals surface area contributed by atoms with Crippen molar-refractivity contribution >= 4 is 82.1 Å². The van der Waals surface area contributed by atoms with E-state index in [0.717, 1.165) is 39.0 Å². The summed E-state index contributed by atoms with van der Waals surface area (Å²) < 4.78 is 6.46. The lowest BCUT2D eigenvalue weighted by Crippen LogP contribution is -2.10. The van der Waals surface area contributed by atoms with Gasteiger partial charge >= 0.3 is 0 Å². The largest absolute Gasteiger partial charge is 0.456 e. The summed E-state index contributed by atoms with van der Waals surface area (Å²) in [6.45, 7) is 0. The molecule has 0 spiro atoms. The molecule has 1 aromatic heterocycles. The molecular weight excluding hydrogens is 583 g/mol. The molecule has 1 heterocycles. The Hall–Kier alpha value is -6.38. The van der Waals surface area contributed by atoms with Gasteiger partial charge in [0.15, 0.2) is 0 Å². The number of hydrogen-bond donors (Lipinski definition) is 0. The third-order valence-electron chi connectivity index (χ3n) is 9.80. The lowest BCUT2D eigenvalue weighted by atomic mass is 9.94. The van der Waals surface area contributed by atoms with Crippen molar-refractivity contribution in [2.45, 2.75) is 0 Å². The molecule has 9 aromatic carbocycles. The standard InChI is InChI=1S/C46H29NO/c1-2-12-36(13-3-1)47(43-15-8-16-44-46(43)42-28-33-10-4-5-11-34(33)29-45(42)48-44)37-23-19-30(20-24-37)35-18-17-32-22-25-39-38-14-7-6-9-31(38)21-26-40(39)41(32)27-35/h1-29H. The van der Waals surface area contributed by atoms with Crippen molar-refractivity contribution in [2.24, 2.45) is 0 Å². The molecule has 0 radical (unpaired) electrons. The number of furan rings is 1. The van der Waals surface area contributed by atoms with Crippen LogP contribution in [0.5, 0.6) is 0 Å². The van der Waals surface area contributed by atoms with Gasteiger partial charge in [0.25, 0.3) is 0 Å². The second-order valence-electron chi connectivity index (χ2n) is 12.5. The Labute approximate surface area is 277 Å². The van der Waals surface area contributed by atoms with Gasteiger partial charge in [0.2, 0.25) is 0 Å². The first-order chi connectivity index (χ1) is 23.8. The maximum absolute atomic E-state index is 6.46. The van der Waals surface area contributed by atoms with Crippen LogP contribution in [0.2, 0.25) is 0 Å². The Morgan fingerprint density at radius 3 is 1.77 bits per heavy atom. The lowest BCUT2D eigenvalue weighted by Gasteiger charge is -2.26. The van der Waals surface area contributed by atoms with Crippen molar-refractivity contribution in [3.63, 3.8) is 0 Å². The Morgan fingerprint density at radius 2 is 0.958 bits per heavy atom. The first-order valence-electron chi connectivity index (χ1n) is 16.4. The van der Waals surface area contributed by atoms with Gasteiger partial charge in [-0.05, 0) is 109 Å². The van der Waals surface area contributed by atoms with Gasteiger partial charge < -0.3 is 9.32 Å². The molecule has 10 rings (SSSR count). The minimum Gasteiger partial charge on any atom is -0.456 e. The third-order valence-corrected chi connectivity index (χ3v) is 9.80. The van der Waals surface area contributed by atoms with E-state index >= 15 is 0 Å². The fourth-order valence-corrected chi connectivity index (χ4v) is 7.48. The van der Waals surface area contributed by atoms with Crippen LogP contribution in [0.15, 0.2) is 180 Å². The molecule has 48 heavy (non-hydrogen) atoms. The van der Waals surface area contributed by atoms with E-state index in [4.69, 9.17) is 4.42 Å². The maximum atomic E-state index is 6.46. The van der Waals surface area contributed by atoms with Crippen molar-refractivity contribution in [3.8, 4) is 11.1 Å². The smallest absolute Gasteiger partial charge is 0.137 e. The quantitative estimate of drug-likeness (QED) is 0.184. The number of hydrogen-bond acceptors (Lipinski definition) is 2. The van der Waals surface area contributed by atoms with Crippen LogP contribution in [0.3, 0.4) is 0 Å². The van der Waals surface area contributed by atoms with E-state index in [9.17, 15) is 0 Å². The predicted molar refractivity (Wildman–Crippen MR) is 204 cm³/mol. The summed E-state index contributed by atoms with van der Waals surface area (Å²) in [5, 5.41) is 12.3. The first-order valence-corrected chi connectivity index (χ1v) is 16.4. The molecule has 0 saturated carbocycles. The van der Waals surface area contributed by atoms with E-state index in [1.165, 1.54) is 54.2 Å². The molecule has 0 saturated heterocycles. The molecular formula is C46H29NO. The van der Waals surface area contributed by atoms with Gasteiger partial charge in [-0.2, -0.15) is 0 Å². The molecule has 0 amide bonds. The Balaban J connectivity index is 1.12. The number of para-hydroxylation sites is 1. The van der Waals surface area contributed by atoms with Crippen LogP contribution in [-0.4, -0.2) is 0 Å². The van der Waals surface area contributed by atoms with Gasteiger partial charge in [0.05, 0.1) is 11.1 Å². The fourth-order valence-electron chi connectivity index (χ4n) is 7.48. The molecule has 0 aliphatic heterocycles. The molecule has 224 valence electrons. The van der Waals surface area contributed by atoms with E-state index in [-0.39, 0.29) is 0 Å². The summed E-state index contributed by atoms with van der Waals surface area (Å²) in [5.41, 5.74) is 7.44. The highest BCUT2D eigenvalue weighted by molar-refractivity contribution is 6.18. The van der Waals surface area contributed by atoms with Crippen LogP contribution < -0.4 is 4.90 Å². The van der Waals surface area contributed by atoms with Gasteiger partial charge in [-0.1, -0.05) is 121 Å². The van der Waals surface area contributed by atoms with Crippen LogP contribution in [0.1, 0.15) is 0 Å². The predicted octanol–water partition coefficient (Wildman–Crippen LogP) is 13.3. The Kier molecular flexibility index (Phi) is 5.91. The third kappa shape index (κ3) is 4.20. The second kappa shape index (κ2) is 10.6. The summed E-state index contributed by atoms with van der Waals surface area (Å²) in [6, 6.07) is 63.3. The summed E-state index contributed by atoms with van der Waals surface area (Å²) >= 11 is 0.